The van der Waals surface area contributed by atoms with Crippen molar-refractivity contribution in [2.45, 2.75) is 110 Å². The third-order valence-electron chi connectivity index (χ3n) is 9.43. The Kier molecular flexibility index (Phi) is 9.38. The zero-order valence-electron chi connectivity index (χ0n) is 21.8. The Morgan fingerprint density at radius 1 is 0.861 bits per heavy atom. The average Bonchev–Trinajstić information content (AvgIpc) is 2.89. The SMILES string of the molecule is CCCC1CCC(C(=O)OC2CCC(C3CC=C(C4CCC(CC)CC4)C(F)=C3F)CC2)C(F)=C1F. The predicted molar refractivity (Wildman–Crippen MR) is 133 cm³/mol. The number of ether oxygens (including phenoxy) is 1. The number of esters is 1. The van der Waals surface area contributed by atoms with Crippen LogP contribution in [-0.4, -0.2) is 12.1 Å². The van der Waals surface area contributed by atoms with Gasteiger partial charge in [0.25, 0.3) is 0 Å². The summed E-state index contributed by atoms with van der Waals surface area (Å²) in [5, 5.41) is 0. The van der Waals surface area contributed by atoms with Crippen molar-refractivity contribution in [1.82, 2.24) is 0 Å². The van der Waals surface area contributed by atoms with Gasteiger partial charge < -0.3 is 4.74 Å². The van der Waals surface area contributed by atoms with E-state index in [1.807, 2.05) is 13.0 Å². The van der Waals surface area contributed by atoms with Gasteiger partial charge in [0.2, 0.25) is 0 Å². The third-order valence-corrected chi connectivity index (χ3v) is 9.43. The largest absolute Gasteiger partial charge is 0.462 e. The van der Waals surface area contributed by atoms with E-state index in [9.17, 15) is 13.6 Å². The Morgan fingerprint density at radius 3 is 2.19 bits per heavy atom. The van der Waals surface area contributed by atoms with Gasteiger partial charge in [-0.1, -0.05) is 32.8 Å². The Labute approximate surface area is 213 Å². The molecule has 0 spiro atoms. The molecule has 0 aromatic rings. The minimum absolute atomic E-state index is 0.00195. The summed E-state index contributed by atoms with van der Waals surface area (Å²) in [6.45, 7) is 4.12. The van der Waals surface area contributed by atoms with Gasteiger partial charge in [-0.3, -0.25) is 4.79 Å². The molecule has 202 valence electrons. The number of hydrogen-bond donors (Lipinski definition) is 0. The van der Waals surface area contributed by atoms with E-state index in [4.69, 9.17) is 4.74 Å². The van der Waals surface area contributed by atoms with Crippen molar-refractivity contribution < 1.29 is 27.1 Å². The highest BCUT2D eigenvalue weighted by Crippen LogP contribution is 2.47. The Balaban J connectivity index is 1.28. The lowest BCUT2D eigenvalue weighted by Gasteiger charge is -2.36. The molecule has 6 heteroatoms. The van der Waals surface area contributed by atoms with Crippen molar-refractivity contribution in [3.8, 4) is 0 Å². The van der Waals surface area contributed by atoms with Crippen LogP contribution in [0.1, 0.15) is 104 Å². The Bertz CT molecular complexity index is 875. The monoisotopic (exact) mass is 510 g/mol. The zero-order chi connectivity index (χ0) is 25.8. The Morgan fingerprint density at radius 2 is 1.56 bits per heavy atom. The van der Waals surface area contributed by atoms with Crippen molar-refractivity contribution in [2.24, 2.45) is 35.5 Å². The molecule has 0 saturated heterocycles. The molecule has 3 atom stereocenters. The summed E-state index contributed by atoms with van der Waals surface area (Å²) in [7, 11) is 0. The first-order valence-electron chi connectivity index (χ1n) is 14.3. The van der Waals surface area contributed by atoms with Crippen LogP contribution in [0, 0.1) is 35.5 Å². The first-order valence-corrected chi connectivity index (χ1v) is 14.3. The topological polar surface area (TPSA) is 26.3 Å². The predicted octanol–water partition coefficient (Wildman–Crippen LogP) is 9.38. The molecule has 4 aliphatic carbocycles. The molecule has 0 aliphatic heterocycles. The van der Waals surface area contributed by atoms with Gasteiger partial charge in [0, 0.05) is 11.8 Å². The fraction of sp³-hybridized carbons (Fsp3) is 0.767. The van der Waals surface area contributed by atoms with Crippen LogP contribution in [-0.2, 0) is 9.53 Å². The van der Waals surface area contributed by atoms with Crippen molar-refractivity contribution in [3.63, 3.8) is 0 Å². The van der Waals surface area contributed by atoms with E-state index < -0.39 is 47.0 Å². The van der Waals surface area contributed by atoms with Crippen LogP contribution < -0.4 is 0 Å². The van der Waals surface area contributed by atoms with Crippen molar-refractivity contribution >= 4 is 5.97 Å². The molecule has 3 unspecified atom stereocenters. The molecule has 0 aromatic carbocycles. The maximum Gasteiger partial charge on any atom is 0.316 e. The van der Waals surface area contributed by atoms with E-state index in [0.717, 1.165) is 38.5 Å². The van der Waals surface area contributed by atoms with Gasteiger partial charge in [-0.05, 0) is 100 Å². The molecule has 4 rings (SSSR count). The molecule has 2 nitrogen and oxygen atoms in total. The van der Waals surface area contributed by atoms with Gasteiger partial charge in [0.05, 0.1) is 0 Å². The highest BCUT2D eigenvalue weighted by atomic mass is 19.2. The molecular formula is C30H42F4O2. The third kappa shape index (κ3) is 5.93. The van der Waals surface area contributed by atoms with Gasteiger partial charge in [0.15, 0.2) is 5.83 Å². The summed E-state index contributed by atoms with van der Waals surface area (Å²) in [6.07, 6.45) is 11.7. The van der Waals surface area contributed by atoms with Crippen LogP contribution in [0.3, 0.4) is 0 Å². The molecular weight excluding hydrogens is 468 g/mol. The molecule has 0 N–H and O–H groups in total. The first-order chi connectivity index (χ1) is 17.3. The highest BCUT2D eigenvalue weighted by molar-refractivity contribution is 5.75. The van der Waals surface area contributed by atoms with Crippen molar-refractivity contribution in [2.75, 3.05) is 0 Å². The fourth-order valence-corrected chi connectivity index (χ4v) is 7.05. The summed E-state index contributed by atoms with van der Waals surface area (Å²) < 4.78 is 64.7. The van der Waals surface area contributed by atoms with Crippen molar-refractivity contribution in [1.29, 1.82) is 0 Å². The van der Waals surface area contributed by atoms with Crippen LogP contribution in [0.5, 0.6) is 0 Å². The number of hydrogen-bond acceptors (Lipinski definition) is 2. The second-order valence-corrected chi connectivity index (χ2v) is 11.6. The summed E-state index contributed by atoms with van der Waals surface area (Å²) >= 11 is 0. The molecule has 0 amide bonds. The minimum atomic E-state index is -1.15. The van der Waals surface area contributed by atoms with E-state index in [2.05, 4.69) is 6.92 Å². The van der Waals surface area contributed by atoms with E-state index in [1.165, 1.54) is 0 Å². The van der Waals surface area contributed by atoms with Crippen LogP contribution in [0.15, 0.2) is 35.0 Å². The van der Waals surface area contributed by atoms with Gasteiger partial charge >= 0.3 is 5.97 Å². The molecule has 0 heterocycles. The molecule has 2 fully saturated rings. The molecule has 0 radical (unpaired) electrons. The average molecular weight is 511 g/mol. The quantitative estimate of drug-likeness (QED) is 0.252. The molecule has 2 saturated carbocycles. The molecule has 4 aliphatic rings. The van der Waals surface area contributed by atoms with Gasteiger partial charge in [-0.2, -0.15) is 0 Å². The summed E-state index contributed by atoms with van der Waals surface area (Å²) in [6, 6.07) is 0. The highest BCUT2D eigenvalue weighted by Gasteiger charge is 2.39. The maximum absolute atomic E-state index is 15.2. The number of carbonyl (C=O) groups is 1. The number of carbonyl (C=O) groups excluding carboxylic acids is 1. The smallest absolute Gasteiger partial charge is 0.316 e. The van der Waals surface area contributed by atoms with E-state index in [-0.39, 0.29) is 24.4 Å². The maximum atomic E-state index is 15.2. The van der Waals surface area contributed by atoms with E-state index in [1.54, 1.807) is 0 Å². The first kappa shape index (κ1) is 27.4. The summed E-state index contributed by atoms with van der Waals surface area (Å²) in [5.41, 5.74) is 0.580. The van der Waals surface area contributed by atoms with Crippen LogP contribution in [0.4, 0.5) is 17.6 Å². The molecule has 0 aromatic heterocycles. The van der Waals surface area contributed by atoms with E-state index in [0.29, 0.717) is 56.4 Å². The molecule has 0 bridgehead atoms. The van der Waals surface area contributed by atoms with Gasteiger partial charge in [-0.25, -0.2) is 17.6 Å². The lowest BCUT2D eigenvalue weighted by molar-refractivity contribution is -0.156. The van der Waals surface area contributed by atoms with Crippen LogP contribution in [0.2, 0.25) is 0 Å². The lowest BCUT2D eigenvalue weighted by Crippen LogP contribution is -2.32. The summed E-state index contributed by atoms with van der Waals surface area (Å²) in [5.74, 6) is -4.89. The Hall–Kier alpha value is -1.59. The number of allylic oxidation sites excluding steroid dienone is 5. The van der Waals surface area contributed by atoms with Crippen LogP contribution >= 0.6 is 0 Å². The lowest BCUT2D eigenvalue weighted by atomic mass is 9.72. The number of halogens is 4. The normalized spacial score (nSPS) is 36.1. The number of rotatable bonds is 7. The zero-order valence-corrected chi connectivity index (χ0v) is 21.8. The minimum Gasteiger partial charge on any atom is -0.462 e. The van der Waals surface area contributed by atoms with Crippen molar-refractivity contribution in [3.05, 3.63) is 35.0 Å². The summed E-state index contributed by atoms with van der Waals surface area (Å²) in [4.78, 5) is 12.6. The fourth-order valence-electron chi connectivity index (χ4n) is 7.05. The van der Waals surface area contributed by atoms with E-state index >= 15 is 8.78 Å². The second-order valence-electron chi connectivity index (χ2n) is 11.6. The van der Waals surface area contributed by atoms with Gasteiger partial charge in [0.1, 0.15) is 29.5 Å². The van der Waals surface area contributed by atoms with Gasteiger partial charge in [-0.15, -0.1) is 0 Å². The van der Waals surface area contributed by atoms with Crippen LogP contribution in [0.25, 0.3) is 0 Å². The second kappa shape index (κ2) is 12.3. The standard InChI is InChI=1S/C30H42F4O2/c1-3-5-21-12-15-25(29(34)26(21)31)30(35)36-22-13-10-20(11-14-22)24-17-16-23(27(32)28(24)33)19-8-6-18(4-2)7-9-19/h16,18-22,24-25H,3-15,17H2,1-2H3. The molecule has 36 heavy (non-hydrogen) atoms.